The van der Waals surface area contributed by atoms with E-state index < -0.39 is 0 Å². The maximum absolute atomic E-state index is 7.36. The van der Waals surface area contributed by atoms with Gasteiger partial charge in [0.1, 0.15) is 0 Å². The van der Waals surface area contributed by atoms with E-state index in [0.717, 1.165) is 12.2 Å². The fraction of sp³-hybridized carbons (Fsp3) is 0.750. The van der Waals surface area contributed by atoms with Gasteiger partial charge in [0, 0.05) is 12.9 Å². The second-order valence-corrected chi connectivity index (χ2v) is 4.49. The maximum atomic E-state index is 7.36. The molecule has 14 heavy (non-hydrogen) atoms. The van der Waals surface area contributed by atoms with Gasteiger partial charge in [0.05, 0.1) is 5.60 Å². The van der Waals surface area contributed by atoms with Crippen LogP contribution in [0, 0.1) is 5.41 Å². The summed E-state index contributed by atoms with van der Waals surface area (Å²) < 4.78 is 5.23. The fourth-order valence-corrected chi connectivity index (χ4v) is 1.60. The summed E-state index contributed by atoms with van der Waals surface area (Å²) in [7, 11) is 1.67. The highest BCUT2D eigenvalue weighted by Gasteiger charge is 2.15. The molecule has 0 aliphatic heterocycles. The third-order valence-electron chi connectivity index (χ3n) is 1.73. The molecule has 0 unspecified atom stereocenters. The molecule has 0 radical (unpaired) electrons. The predicted molar refractivity (Wildman–Crippen MR) is 61.7 cm³/mol. The smallest absolute Gasteiger partial charge is 0.193 e. The highest BCUT2D eigenvalue weighted by atomic mass is 32.2. The van der Waals surface area contributed by atoms with Crippen molar-refractivity contribution >= 4 is 22.9 Å². The predicted octanol–water partition coefficient (Wildman–Crippen LogP) is 0.743. The van der Waals surface area contributed by atoms with Crippen LogP contribution in [0.5, 0.6) is 0 Å². The number of methoxy groups -OCH3 is 1. The molecule has 0 aliphatic rings. The molecule has 0 amide bonds. The van der Waals surface area contributed by atoms with Crippen LogP contribution >= 0.6 is 11.8 Å². The number of rotatable bonds is 4. The molecule has 0 aromatic heterocycles. The molecule has 0 aromatic carbocycles. The third kappa shape index (κ3) is 6.73. The zero-order chi connectivity index (χ0) is 11.2. The Morgan fingerprint density at radius 3 is 2.50 bits per heavy atom. The van der Waals surface area contributed by atoms with Gasteiger partial charge in [-0.05, 0) is 20.3 Å². The lowest BCUT2D eigenvalue weighted by Crippen LogP contribution is -2.24. The van der Waals surface area contributed by atoms with Crippen LogP contribution in [0.15, 0.2) is 4.99 Å². The average Bonchev–Trinajstić information content (AvgIpc) is 2.02. The lowest BCUT2D eigenvalue weighted by Gasteiger charge is -2.21. The molecule has 6 heteroatoms. The van der Waals surface area contributed by atoms with Crippen molar-refractivity contribution in [3.05, 3.63) is 0 Å². The van der Waals surface area contributed by atoms with Gasteiger partial charge in [-0.2, -0.15) is 4.99 Å². The molecule has 0 saturated carbocycles. The molecule has 0 spiro atoms. The van der Waals surface area contributed by atoms with Crippen LogP contribution in [0.1, 0.15) is 20.3 Å². The molecule has 5 N–H and O–H groups in total. The molecular formula is C8H18N4OS. The van der Waals surface area contributed by atoms with E-state index in [4.69, 9.17) is 21.6 Å². The Balaban J connectivity index is 3.75. The first-order valence-corrected chi connectivity index (χ1v) is 5.22. The van der Waals surface area contributed by atoms with Crippen molar-refractivity contribution in [3.63, 3.8) is 0 Å². The van der Waals surface area contributed by atoms with Gasteiger partial charge < -0.3 is 16.2 Å². The van der Waals surface area contributed by atoms with Crippen molar-refractivity contribution in [2.24, 2.45) is 16.5 Å². The Morgan fingerprint density at radius 1 is 1.50 bits per heavy atom. The van der Waals surface area contributed by atoms with Gasteiger partial charge in [-0.15, -0.1) is 0 Å². The number of nitrogens with zero attached hydrogens (tertiary/aromatic N) is 1. The Labute approximate surface area is 88.8 Å². The van der Waals surface area contributed by atoms with E-state index in [0.29, 0.717) is 0 Å². The number of aliphatic imine (C=N–C) groups is 1. The number of nitrogens with two attached hydrogens (primary N) is 2. The molecular weight excluding hydrogens is 200 g/mol. The summed E-state index contributed by atoms with van der Waals surface area (Å²) in [6, 6.07) is 0. The highest BCUT2D eigenvalue weighted by molar-refractivity contribution is 8.13. The Kier molecular flexibility index (Phi) is 5.56. The Hall–Kier alpha value is -0.750. The summed E-state index contributed by atoms with van der Waals surface area (Å²) in [5.74, 6) is 0.685. The first kappa shape index (κ1) is 13.2. The molecule has 82 valence electrons. The topological polar surface area (TPSA) is 97.5 Å². The number of hydrogen-bond donors (Lipinski definition) is 3. The van der Waals surface area contributed by atoms with Crippen LogP contribution in [0.25, 0.3) is 0 Å². The number of amidine groups is 1. The molecule has 0 bridgehead atoms. The quantitative estimate of drug-likeness (QED) is 0.479. The van der Waals surface area contributed by atoms with Gasteiger partial charge >= 0.3 is 0 Å². The average molecular weight is 218 g/mol. The highest BCUT2D eigenvalue weighted by Crippen LogP contribution is 2.17. The summed E-state index contributed by atoms with van der Waals surface area (Å²) in [6.45, 7) is 4.00. The number of guanidine groups is 1. The van der Waals surface area contributed by atoms with Gasteiger partial charge in [-0.25, -0.2) is 0 Å². The van der Waals surface area contributed by atoms with Crippen LogP contribution in [-0.4, -0.2) is 29.6 Å². The fourth-order valence-electron chi connectivity index (χ4n) is 0.645. The summed E-state index contributed by atoms with van der Waals surface area (Å²) >= 11 is 1.30. The normalized spacial score (nSPS) is 11.1. The summed E-state index contributed by atoms with van der Waals surface area (Å²) in [5, 5.41) is 7.49. The third-order valence-corrected chi connectivity index (χ3v) is 2.50. The van der Waals surface area contributed by atoms with Crippen LogP contribution in [0.2, 0.25) is 0 Å². The van der Waals surface area contributed by atoms with Crippen LogP contribution < -0.4 is 11.5 Å². The molecule has 5 nitrogen and oxygen atoms in total. The summed E-state index contributed by atoms with van der Waals surface area (Å²) in [5.41, 5.74) is 10.1. The zero-order valence-corrected chi connectivity index (χ0v) is 9.65. The van der Waals surface area contributed by atoms with Gasteiger partial charge in [0.15, 0.2) is 11.1 Å². The second-order valence-electron chi connectivity index (χ2n) is 3.40. The van der Waals surface area contributed by atoms with E-state index in [1.807, 2.05) is 13.8 Å². The molecule has 0 heterocycles. The largest absolute Gasteiger partial charge is 0.379 e. The Morgan fingerprint density at radius 2 is 2.07 bits per heavy atom. The number of thioether (sulfide) groups is 1. The van der Waals surface area contributed by atoms with E-state index in [1.54, 1.807) is 7.11 Å². The minimum Gasteiger partial charge on any atom is -0.379 e. The van der Waals surface area contributed by atoms with Crippen molar-refractivity contribution < 1.29 is 4.74 Å². The lowest BCUT2D eigenvalue weighted by molar-refractivity contribution is 0.0207. The van der Waals surface area contributed by atoms with E-state index in [9.17, 15) is 0 Å². The van der Waals surface area contributed by atoms with E-state index in [2.05, 4.69) is 4.99 Å². The monoisotopic (exact) mass is 218 g/mol. The molecule has 0 saturated heterocycles. The minimum absolute atomic E-state index is 0.0755. The van der Waals surface area contributed by atoms with Crippen molar-refractivity contribution in [1.82, 2.24) is 0 Å². The zero-order valence-electron chi connectivity index (χ0n) is 8.83. The van der Waals surface area contributed by atoms with Crippen LogP contribution in [0.4, 0.5) is 0 Å². The van der Waals surface area contributed by atoms with Crippen molar-refractivity contribution in [3.8, 4) is 0 Å². The lowest BCUT2D eigenvalue weighted by atomic mass is 10.1. The Bertz CT molecular complexity index is 223. The second kappa shape index (κ2) is 5.87. The number of nitrogens with one attached hydrogen (secondary N) is 1. The van der Waals surface area contributed by atoms with E-state index >= 15 is 0 Å². The molecule has 0 rings (SSSR count). The molecule has 0 fully saturated rings. The van der Waals surface area contributed by atoms with Crippen molar-refractivity contribution in [2.45, 2.75) is 25.9 Å². The van der Waals surface area contributed by atoms with Gasteiger partial charge in [-0.3, -0.25) is 5.41 Å². The van der Waals surface area contributed by atoms with E-state index in [1.165, 1.54) is 11.8 Å². The molecule has 0 aliphatic carbocycles. The number of ether oxygens (including phenoxy) is 1. The van der Waals surface area contributed by atoms with Gasteiger partial charge in [0.2, 0.25) is 0 Å². The summed E-state index contributed by atoms with van der Waals surface area (Å²) in [4.78, 5) is 3.60. The first-order valence-electron chi connectivity index (χ1n) is 4.23. The minimum atomic E-state index is -0.161. The van der Waals surface area contributed by atoms with Crippen LogP contribution in [-0.2, 0) is 4.74 Å². The SMILES string of the molecule is COC(C)(C)CCSC(=N)N=C(N)N. The molecule has 0 aromatic rings. The number of hydrogen-bond acceptors (Lipinski definition) is 3. The van der Waals surface area contributed by atoms with E-state index in [-0.39, 0.29) is 16.7 Å². The summed E-state index contributed by atoms with van der Waals surface area (Å²) in [6.07, 6.45) is 0.844. The van der Waals surface area contributed by atoms with Gasteiger partial charge in [0.25, 0.3) is 0 Å². The van der Waals surface area contributed by atoms with Gasteiger partial charge in [-0.1, -0.05) is 11.8 Å². The first-order chi connectivity index (χ1) is 6.37. The van der Waals surface area contributed by atoms with Crippen molar-refractivity contribution in [2.75, 3.05) is 12.9 Å². The molecule has 0 atom stereocenters. The van der Waals surface area contributed by atoms with Crippen molar-refractivity contribution in [1.29, 1.82) is 5.41 Å². The standard InChI is InChI=1S/C8H18N4OS/c1-8(2,13-3)4-5-14-7(11)12-6(9)10/h4-5H2,1-3H3,(H5,9,10,11,12). The maximum Gasteiger partial charge on any atom is 0.193 e. The van der Waals surface area contributed by atoms with Crippen LogP contribution in [0.3, 0.4) is 0 Å².